The van der Waals surface area contributed by atoms with Gasteiger partial charge in [0.05, 0.1) is 10.2 Å². The van der Waals surface area contributed by atoms with E-state index in [-0.39, 0.29) is 5.91 Å². The first-order valence-corrected chi connectivity index (χ1v) is 7.27. The average Bonchev–Trinajstić information content (AvgIpc) is 2.66. The number of hydrogen-bond acceptors (Lipinski definition) is 2. The second-order valence-electron chi connectivity index (χ2n) is 4.71. The molecule has 2 aromatic rings. The number of carbonyl (C=O) groups is 1. The summed E-state index contributed by atoms with van der Waals surface area (Å²) in [6.45, 7) is 6.67. The van der Waals surface area contributed by atoms with Crippen LogP contribution in [0.1, 0.15) is 41.5 Å². The average molecular weight is 324 g/mol. The van der Waals surface area contributed by atoms with E-state index in [0.29, 0.717) is 12.2 Å². The van der Waals surface area contributed by atoms with E-state index in [1.807, 2.05) is 30.5 Å². The van der Waals surface area contributed by atoms with Crippen molar-refractivity contribution >= 4 is 27.5 Å². The number of aromatic nitrogens is 2. The fraction of sp³-hybridized carbons (Fsp3) is 0.429. The van der Waals surface area contributed by atoms with Crippen LogP contribution in [-0.2, 0) is 0 Å². The van der Waals surface area contributed by atoms with Crippen molar-refractivity contribution in [1.82, 2.24) is 14.7 Å². The Bertz CT molecular complexity index is 619. The topological polar surface area (TPSA) is 46.4 Å². The van der Waals surface area contributed by atoms with E-state index in [1.165, 1.54) is 0 Å². The lowest BCUT2D eigenvalue weighted by Gasteiger charge is -2.06. The highest BCUT2D eigenvalue weighted by Crippen LogP contribution is 2.22. The SMILES string of the molecule is CCCCNC(=O)c1c(C)nc2c(Br)cc(C)cn12. The van der Waals surface area contributed by atoms with E-state index < -0.39 is 0 Å². The number of nitrogens with one attached hydrogen (secondary N) is 1. The maximum atomic E-state index is 12.3. The maximum Gasteiger partial charge on any atom is 0.270 e. The Balaban J connectivity index is 2.42. The molecule has 2 aromatic heterocycles. The highest BCUT2D eigenvalue weighted by Gasteiger charge is 2.17. The summed E-state index contributed by atoms with van der Waals surface area (Å²) in [5, 5.41) is 2.94. The molecule has 0 atom stereocenters. The number of carbonyl (C=O) groups excluding carboxylic acids is 1. The summed E-state index contributed by atoms with van der Waals surface area (Å²) >= 11 is 3.49. The summed E-state index contributed by atoms with van der Waals surface area (Å²) in [5.41, 5.74) is 3.24. The third-order valence-corrected chi connectivity index (χ3v) is 3.60. The van der Waals surface area contributed by atoms with Crippen molar-refractivity contribution in [2.45, 2.75) is 33.6 Å². The molecule has 4 nitrogen and oxygen atoms in total. The monoisotopic (exact) mass is 323 g/mol. The zero-order valence-electron chi connectivity index (χ0n) is 11.5. The molecule has 0 bridgehead atoms. The van der Waals surface area contributed by atoms with E-state index >= 15 is 0 Å². The van der Waals surface area contributed by atoms with Crippen LogP contribution in [0.3, 0.4) is 0 Å². The van der Waals surface area contributed by atoms with E-state index in [0.717, 1.165) is 34.2 Å². The van der Waals surface area contributed by atoms with Crippen molar-refractivity contribution in [3.63, 3.8) is 0 Å². The fourth-order valence-electron chi connectivity index (χ4n) is 2.08. The number of fused-ring (bicyclic) bond motifs is 1. The molecule has 2 rings (SSSR count). The Morgan fingerprint density at radius 1 is 1.47 bits per heavy atom. The van der Waals surface area contributed by atoms with Gasteiger partial charge in [0.25, 0.3) is 5.91 Å². The number of aryl methyl sites for hydroxylation is 2. The van der Waals surface area contributed by atoms with Crippen LogP contribution < -0.4 is 5.32 Å². The smallest absolute Gasteiger partial charge is 0.270 e. The highest BCUT2D eigenvalue weighted by atomic mass is 79.9. The summed E-state index contributed by atoms with van der Waals surface area (Å²) in [5.74, 6) is -0.0593. The molecule has 1 amide bonds. The first-order chi connectivity index (χ1) is 9.04. The van der Waals surface area contributed by atoms with Crippen LogP contribution in [0.15, 0.2) is 16.7 Å². The molecule has 0 saturated heterocycles. The highest BCUT2D eigenvalue weighted by molar-refractivity contribution is 9.10. The molecule has 19 heavy (non-hydrogen) atoms. The number of amides is 1. The minimum Gasteiger partial charge on any atom is -0.351 e. The standard InChI is InChI=1S/C14H18BrN3O/c1-4-5-6-16-14(19)12-10(3)17-13-11(15)7-9(2)8-18(12)13/h7-8H,4-6H2,1-3H3,(H,16,19). The molecular formula is C14H18BrN3O. The summed E-state index contributed by atoms with van der Waals surface area (Å²) in [7, 11) is 0. The van der Waals surface area contributed by atoms with Crippen LogP contribution in [-0.4, -0.2) is 21.8 Å². The Morgan fingerprint density at radius 3 is 2.89 bits per heavy atom. The largest absolute Gasteiger partial charge is 0.351 e. The van der Waals surface area contributed by atoms with Gasteiger partial charge >= 0.3 is 0 Å². The van der Waals surface area contributed by atoms with Crippen molar-refractivity contribution < 1.29 is 4.79 Å². The Labute approximate surface area is 121 Å². The summed E-state index contributed by atoms with van der Waals surface area (Å²) in [6, 6.07) is 2.00. The minimum atomic E-state index is -0.0593. The van der Waals surface area contributed by atoms with Gasteiger partial charge < -0.3 is 5.32 Å². The lowest BCUT2D eigenvalue weighted by molar-refractivity contribution is 0.0946. The minimum absolute atomic E-state index is 0.0593. The van der Waals surface area contributed by atoms with Crippen LogP contribution in [0.25, 0.3) is 5.65 Å². The van der Waals surface area contributed by atoms with Gasteiger partial charge in [0.15, 0.2) is 5.65 Å². The molecule has 2 heterocycles. The second kappa shape index (κ2) is 5.74. The molecule has 0 aliphatic carbocycles. The third-order valence-electron chi connectivity index (χ3n) is 3.02. The molecule has 0 saturated carbocycles. The summed E-state index contributed by atoms with van der Waals surface area (Å²) in [4.78, 5) is 16.7. The Kier molecular flexibility index (Phi) is 4.24. The van der Waals surface area contributed by atoms with Gasteiger partial charge in [-0.15, -0.1) is 0 Å². The van der Waals surface area contributed by atoms with Gasteiger partial charge in [0.2, 0.25) is 0 Å². The van der Waals surface area contributed by atoms with Crippen molar-refractivity contribution in [3.8, 4) is 0 Å². The van der Waals surface area contributed by atoms with Gasteiger partial charge in [-0.2, -0.15) is 0 Å². The Hall–Kier alpha value is -1.36. The molecule has 0 aliphatic rings. The van der Waals surface area contributed by atoms with Crippen LogP contribution in [0.4, 0.5) is 0 Å². The maximum absolute atomic E-state index is 12.3. The molecule has 0 radical (unpaired) electrons. The van der Waals surface area contributed by atoms with Gasteiger partial charge in [0.1, 0.15) is 5.69 Å². The number of halogens is 1. The molecule has 5 heteroatoms. The van der Waals surface area contributed by atoms with Gasteiger partial charge in [-0.1, -0.05) is 13.3 Å². The van der Waals surface area contributed by atoms with E-state index in [2.05, 4.69) is 33.2 Å². The normalized spacial score (nSPS) is 10.9. The molecule has 0 aliphatic heterocycles. The number of pyridine rings is 1. The zero-order chi connectivity index (χ0) is 14.0. The molecule has 0 unspecified atom stereocenters. The van der Waals surface area contributed by atoms with Gasteiger partial charge in [-0.05, 0) is 47.8 Å². The molecule has 0 fully saturated rings. The molecule has 102 valence electrons. The quantitative estimate of drug-likeness (QED) is 0.878. The van der Waals surface area contributed by atoms with Crippen LogP contribution in [0.5, 0.6) is 0 Å². The lowest BCUT2D eigenvalue weighted by Crippen LogP contribution is -2.26. The van der Waals surface area contributed by atoms with E-state index in [1.54, 1.807) is 0 Å². The van der Waals surface area contributed by atoms with Crippen molar-refractivity contribution in [2.75, 3.05) is 6.54 Å². The van der Waals surface area contributed by atoms with Gasteiger partial charge in [0, 0.05) is 12.7 Å². The van der Waals surface area contributed by atoms with Crippen LogP contribution >= 0.6 is 15.9 Å². The number of rotatable bonds is 4. The molecular weight excluding hydrogens is 306 g/mol. The van der Waals surface area contributed by atoms with Crippen molar-refractivity contribution in [2.24, 2.45) is 0 Å². The second-order valence-corrected chi connectivity index (χ2v) is 5.57. The number of imidazole rings is 1. The molecule has 1 N–H and O–H groups in total. The number of unbranched alkanes of at least 4 members (excludes halogenated alkanes) is 1. The van der Waals surface area contributed by atoms with E-state index in [4.69, 9.17) is 0 Å². The Morgan fingerprint density at radius 2 is 2.21 bits per heavy atom. The predicted molar refractivity (Wildman–Crippen MR) is 79.6 cm³/mol. The predicted octanol–water partition coefficient (Wildman–Crippen LogP) is 3.24. The van der Waals surface area contributed by atoms with Crippen molar-refractivity contribution in [1.29, 1.82) is 0 Å². The first-order valence-electron chi connectivity index (χ1n) is 6.47. The van der Waals surface area contributed by atoms with E-state index in [9.17, 15) is 4.79 Å². The molecule has 0 spiro atoms. The zero-order valence-corrected chi connectivity index (χ0v) is 13.0. The summed E-state index contributed by atoms with van der Waals surface area (Å²) in [6.07, 6.45) is 4.00. The number of hydrogen-bond donors (Lipinski definition) is 1. The van der Waals surface area contributed by atoms with Crippen LogP contribution in [0, 0.1) is 13.8 Å². The van der Waals surface area contributed by atoms with Gasteiger partial charge in [-0.3, -0.25) is 9.20 Å². The lowest BCUT2D eigenvalue weighted by atomic mass is 10.3. The van der Waals surface area contributed by atoms with Crippen molar-refractivity contribution in [3.05, 3.63) is 33.7 Å². The van der Waals surface area contributed by atoms with Crippen LogP contribution in [0.2, 0.25) is 0 Å². The van der Waals surface area contributed by atoms with Gasteiger partial charge in [-0.25, -0.2) is 4.98 Å². The fourth-order valence-corrected chi connectivity index (χ4v) is 2.72. The third kappa shape index (κ3) is 2.81. The number of nitrogens with zero attached hydrogens (tertiary/aromatic N) is 2. The molecule has 0 aromatic carbocycles. The summed E-state index contributed by atoms with van der Waals surface area (Å²) < 4.78 is 2.76. The first kappa shape index (κ1) is 14.1.